The van der Waals surface area contributed by atoms with Crippen molar-refractivity contribution in [2.75, 3.05) is 19.7 Å². The summed E-state index contributed by atoms with van der Waals surface area (Å²) in [5, 5.41) is 15.4. The molecule has 5 nitrogen and oxygen atoms in total. The molecule has 34 heavy (non-hydrogen) atoms. The maximum absolute atomic E-state index is 14.2. The molecule has 0 radical (unpaired) electrons. The summed E-state index contributed by atoms with van der Waals surface area (Å²) < 4.78 is 19.9. The van der Waals surface area contributed by atoms with Crippen LogP contribution >= 0.6 is 11.6 Å². The average Bonchev–Trinajstić information content (AvgIpc) is 3.28. The number of halogens is 2. The molecule has 0 aromatic heterocycles. The Hall–Kier alpha value is -2.77. The molecule has 0 saturated heterocycles. The molecular weight excluding hydrogens is 455 g/mol. The van der Waals surface area contributed by atoms with E-state index in [9.17, 15) is 9.50 Å². The van der Waals surface area contributed by atoms with Crippen molar-refractivity contribution in [3.8, 4) is 0 Å². The van der Waals surface area contributed by atoms with Crippen LogP contribution in [0.5, 0.6) is 0 Å². The molecule has 3 aromatic carbocycles. The third-order valence-corrected chi connectivity index (χ3v) is 5.80. The normalized spacial score (nSPS) is 16.4. The van der Waals surface area contributed by atoms with E-state index in [-0.39, 0.29) is 18.5 Å². The van der Waals surface area contributed by atoms with E-state index in [1.807, 2.05) is 54.6 Å². The number of aliphatic hydroxyl groups is 1. The zero-order valence-electron chi connectivity index (χ0n) is 18.8. The first-order valence-electron chi connectivity index (χ1n) is 11.3. The predicted molar refractivity (Wildman–Crippen MR) is 131 cm³/mol. The molecule has 4 rings (SSSR count). The van der Waals surface area contributed by atoms with Crippen molar-refractivity contribution >= 4 is 17.3 Å². The second kappa shape index (κ2) is 12.1. The summed E-state index contributed by atoms with van der Waals surface area (Å²) in [6.45, 7) is 2.13. The molecule has 1 heterocycles. The van der Waals surface area contributed by atoms with Gasteiger partial charge in [-0.2, -0.15) is 0 Å². The largest absolute Gasteiger partial charge is 0.390 e. The Bertz CT molecular complexity index is 1100. The number of hydrogen-bond donors (Lipinski definition) is 1. The van der Waals surface area contributed by atoms with Crippen LogP contribution in [0.15, 0.2) is 84.0 Å². The Morgan fingerprint density at radius 3 is 2.62 bits per heavy atom. The van der Waals surface area contributed by atoms with Gasteiger partial charge in [0, 0.05) is 36.6 Å². The van der Waals surface area contributed by atoms with E-state index < -0.39 is 6.10 Å². The van der Waals surface area contributed by atoms with Gasteiger partial charge in [0.25, 0.3) is 0 Å². The summed E-state index contributed by atoms with van der Waals surface area (Å²) in [6.07, 6.45) is -0.435. The highest BCUT2D eigenvalue weighted by Gasteiger charge is 2.27. The number of ether oxygens (including phenoxy) is 1. The average molecular weight is 483 g/mol. The van der Waals surface area contributed by atoms with Gasteiger partial charge in [-0.3, -0.25) is 4.90 Å². The van der Waals surface area contributed by atoms with Gasteiger partial charge in [0.2, 0.25) is 0 Å². The van der Waals surface area contributed by atoms with E-state index in [0.717, 1.165) is 11.1 Å². The van der Waals surface area contributed by atoms with Crippen LogP contribution in [0.3, 0.4) is 0 Å². The Kier molecular flexibility index (Phi) is 8.66. The van der Waals surface area contributed by atoms with E-state index in [0.29, 0.717) is 49.0 Å². The molecule has 2 atom stereocenters. The molecule has 1 N–H and O–H groups in total. The fourth-order valence-corrected chi connectivity index (χ4v) is 4.22. The van der Waals surface area contributed by atoms with Gasteiger partial charge in [0.15, 0.2) is 0 Å². The summed E-state index contributed by atoms with van der Waals surface area (Å²) >= 11 is 6.17. The van der Waals surface area contributed by atoms with Crippen molar-refractivity contribution in [1.29, 1.82) is 0 Å². The van der Waals surface area contributed by atoms with E-state index in [2.05, 4.69) is 10.1 Å². The molecule has 7 heteroatoms. The van der Waals surface area contributed by atoms with Gasteiger partial charge in [-0.1, -0.05) is 77.4 Å². The van der Waals surface area contributed by atoms with Crippen molar-refractivity contribution in [2.24, 2.45) is 5.16 Å². The van der Waals surface area contributed by atoms with E-state index >= 15 is 0 Å². The first kappa shape index (κ1) is 24.4. The number of benzene rings is 3. The maximum Gasteiger partial charge on any atom is 0.145 e. The minimum absolute atomic E-state index is 0.212. The predicted octanol–water partition coefficient (Wildman–Crippen LogP) is 5.05. The minimum atomic E-state index is -0.684. The highest BCUT2D eigenvalue weighted by Crippen LogP contribution is 2.21. The molecule has 1 aliphatic heterocycles. The molecule has 0 spiro atoms. The SMILES string of the molecule is O[C@H](COCc1ccccc1)CN(Cc1cccc(Cl)c1)C[C@H]1CC(c2ccccc2F)=NO1. The smallest absolute Gasteiger partial charge is 0.145 e. The highest BCUT2D eigenvalue weighted by molar-refractivity contribution is 6.30. The van der Waals surface area contributed by atoms with Crippen LogP contribution in [0.2, 0.25) is 5.02 Å². The monoisotopic (exact) mass is 482 g/mol. The van der Waals surface area contributed by atoms with Gasteiger partial charge >= 0.3 is 0 Å². The van der Waals surface area contributed by atoms with E-state index in [1.54, 1.807) is 18.2 Å². The lowest BCUT2D eigenvalue weighted by Gasteiger charge is -2.27. The zero-order chi connectivity index (χ0) is 23.8. The first-order chi connectivity index (χ1) is 16.6. The summed E-state index contributed by atoms with van der Waals surface area (Å²) in [6, 6.07) is 24.0. The molecule has 3 aromatic rings. The zero-order valence-corrected chi connectivity index (χ0v) is 19.6. The summed E-state index contributed by atoms with van der Waals surface area (Å²) in [4.78, 5) is 7.72. The third-order valence-electron chi connectivity index (χ3n) is 5.57. The Morgan fingerprint density at radius 1 is 1.06 bits per heavy atom. The Labute approximate surface area is 204 Å². The number of rotatable bonds is 11. The fraction of sp³-hybridized carbons (Fsp3) is 0.296. The minimum Gasteiger partial charge on any atom is -0.390 e. The lowest BCUT2D eigenvalue weighted by atomic mass is 10.0. The van der Waals surface area contributed by atoms with Crippen LogP contribution in [-0.2, 0) is 22.7 Å². The summed E-state index contributed by atoms with van der Waals surface area (Å²) in [7, 11) is 0. The molecule has 0 amide bonds. The molecule has 0 unspecified atom stereocenters. The van der Waals surface area contributed by atoms with Gasteiger partial charge < -0.3 is 14.7 Å². The van der Waals surface area contributed by atoms with Gasteiger partial charge in [0.1, 0.15) is 11.9 Å². The molecule has 178 valence electrons. The van der Waals surface area contributed by atoms with Crippen LogP contribution in [0.25, 0.3) is 0 Å². The van der Waals surface area contributed by atoms with Crippen LogP contribution < -0.4 is 0 Å². The highest BCUT2D eigenvalue weighted by atomic mass is 35.5. The van der Waals surface area contributed by atoms with Crippen molar-refractivity contribution in [1.82, 2.24) is 4.90 Å². The number of nitrogens with zero attached hydrogens (tertiary/aromatic N) is 2. The summed E-state index contributed by atoms with van der Waals surface area (Å²) in [5.41, 5.74) is 3.14. The Morgan fingerprint density at radius 2 is 1.82 bits per heavy atom. The van der Waals surface area contributed by atoms with Crippen LogP contribution in [0, 0.1) is 5.82 Å². The van der Waals surface area contributed by atoms with Crippen molar-refractivity contribution in [3.63, 3.8) is 0 Å². The van der Waals surface area contributed by atoms with Crippen molar-refractivity contribution in [3.05, 3.63) is 106 Å². The Balaban J connectivity index is 1.35. The molecular formula is C27H28ClFN2O3. The quantitative estimate of drug-likeness (QED) is 0.415. The van der Waals surface area contributed by atoms with E-state index in [1.165, 1.54) is 6.07 Å². The molecule has 0 aliphatic carbocycles. The molecule has 1 aliphatic rings. The van der Waals surface area contributed by atoms with E-state index in [4.69, 9.17) is 21.2 Å². The lowest BCUT2D eigenvalue weighted by Crippen LogP contribution is -2.39. The van der Waals surface area contributed by atoms with Crippen LogP contribution in [-0.4, -0.2) is 47.6 Å². The first-order valence-corrected chi connectivity index (χ1v) is 11.7. The van der Waals surface area contributed by atoms with Gasteiger partial charge in [-0.25, -0.2) is 4.39 Å². The van der Waals surface area contributed by atoms with Crippen LogP contribution in [0.4, 0.5) is 4.39 Å². The van der Waals surface area contributed by atoms with Gasteiger partial charge in [0.05, 0.1) is 25.0 Å². The standard InChI is InChI=1S/C27H28ClFN2O3/c28-22-10-6-9-21(13-22)15-31(16-23(32)19-33-18-20-7-2-1-3-8-20)17-24-14-27(30-34-24)25-11-4-5-12-26(25)29/h1-13,23-24,32H,14-19H2/t23-,24+/m0/s1. The van der Waals surface area contributed by atoms with Crippen LogP contribution in [0.1, 0.15) is 23.1 Å². The second-order valence-corrected chi connectivity index (χ2v) is 8.86. The second-order valence-electron chi connectivity index (χ2n) is 8.43. The third kappa shape index (κ3) is 7.11. The topological polar surface area (TPSA) is 54.3 Å². The van der Waals surface area contributed by atoms with Crippen molar-refractivity contribution in [2.45, 2.75) is 31.8 Å². The number of oxime groups is 1. The maximum atomic E-state index is 14.2. The molecule has 0 fully saturated rings. The van der Waals surface area contributed by atoms with Gasteiger partial charge in [-0.15, -0.1) is 0 Å². The number of aliphatic hydroxyl groups excluding tert-OH is 1. The summed E-state index contributed by atoms with van der Waals surface area (Å²) in [5.74, 6) is -0.313. The lowest BCUT2D eigenvalue weighted by molar-refractivity contribution is -0.00648. The van der Waals surface area contributed by atoms with Crippen molar-refractivity contribution < 1.29 is 19.1 Å². The van der Waals surface area contributed by atoms with Gasteiger partial charge in [-0.05, 0) is 29.3 Å². The number of hydrogen-bond acceptors (Lipinski definition) is 5. The molecule has 0 bridgehead atoms. The fourth-order valence-electron chi connectivity index (χ4n) is 4.00. The molecule has 0 saturated carbocycles.